The van der Waals surface area contributed by atoms with E-state index in [9.17, 15) is 4.79 Å². The van der Waals surface area contributed by atoms with Gasteiger partial charge >= 0.3 is 5.97 Å². The third-order valence-corrected chi connectivity index (χ3v) is 3.73. The molecule has 1 aromatic carbocycles. The van der Waals surface area contributed by atoms with E-state index in [1.165, 1.54) is 12.7 Å². The molecule has 1 heterocycles. The first-order chi connectivity index (χ1) is 7.95. The molecule has 0 saturated carbocycles. The van der Waals surface area contributed by atoms with Crippen molar-refractivity contribution in [3.05, 3.63) is 33.8 Å². The van der Waals surface area contributed by atoms with Crippen molar-refractivity contribution in [2.24, 2.45) is 0 Å². The molecule has 3 nitrogen and oxygen atoms in total. The van der Waals surface area contributed by atoms with Crippen molar-refractivity contribution in [2.45, 2.75) is 25.3 Å². The van der Waals surface area contributed by atoms with Crippen LogP contribution in [0.5, 0.6) is 0 Å². The van der Waals surface area contributed by atoms with Gasteiger partial charge in [-0.1, -0.05) is 35.8 Å². The zero-order valence-corrected chi connectivity index (χ0v) is 11.8. The molecule has 0 saturated heterocycles. The Labute approximate surface area is 110 Å². The van der Waals surface area contributed by atoms with Gasteiger partial charge in [-0.15, -0.1) is 0 Å². The van der Waals surface area contributed by atoms with Gasteiger partial charge in [0.2, 0.25) is 0 Å². The Morgan fingerprint density at radius 1 is 1.53 bits per heavy atom. The van der Waals surface area contributed by atoms with E-state index in [-0.39, 0.29) is 17.4 Å². The molecule has 0 spiro atoms. The Bertz CT molecular complexity index is 457. The quantitative estimate of drug-likeness (QED) is 0.810. The van der Waals surface area contributed by atoms with Crippen LogP contribution in [0.4, 0.5) is 0 Å². The van der Waals surface area contributed by atoms with Gasteiger partial charge in [-0.2, -0.15) is 0 Å². The maximum Gasteiger partial charge on any atom is 0.327 e. The Morgan fingerprint density at radius 2 is 2.24 bits per heavy atom. The summed E-state index contributed by atoms with van der Waals surface area (Å²) in [5.41, 5.74) is 2.23. The van der Waals surface area contributed by atoms with Crippen molar-refractivity contribution in [3.8, 4) is 0 Å². The Morgan fingerprint density at radius 3 is 2.88 bits per heavy atom. The van der Waals surface area contributed by atoms with Crippen LogP contribution in [0, 0.1) is 0 Å². The van der Waals surface area contributed by atoms with E-state index in [1.807, 2.05) is 12.1 Å². The minimum absolute atomic E-state index is 0.0283. The molecule has 1 atom stereocenters. The summed E-state index contributed by atoms with van der Waals surface area (Å²) in [6, 6.07) is 5.72. The highest BCUT2D eigenvalue weighted by molar-refractivity contribution is 9.10. The summed E-state index contributed by atoms with van der Waals surface area (Å²) in [6.07, 6.45) is 0. The Balaban J connectivity index is 2.53. The zero-order valence-electron chi connectivity index (χ0n) is 10.2. The number of nitrogens with one attached hydrogen (secondary N) is 1. The van der Waals surface area contributed by atoms with E-state index >= 15 is 0 Å². The minimum atomic E-state index is -0.361. The molecule has 0 bridgehead atoms. The van der Waals surface area contributed by atoms with Crippen LogP contribution in [0.3, 0.4) is 0 Å². The summed E-state index contributed by atoms with van der Waals surface area (Å²) in [5, 5.41) is 3.25. The molecule has 4 heteroatoms. The Hall–Kier alpha value is -0.870. The van der Waals surface area contributed by atoms with Gasteiger partial charge in [-0.05, 0) is 23.3 Å². The summed E-state index contributed by atoms with van der Waals surface area (Å²) in [7, 11) is 1.42. The lowest BCUT2D eigenvalue weighted by molar-refractivity contribution is -0.143. The van der Waals surface area contributed by atoms with Crippen molar-refractivity contribution >= 4 is 21.9 Å². The molecule has 92 valence electrons. The second-order valence-corrected chi connectivity index (χ2v) is 5.87. The lowest BCUT2D eigenvalue weighted by Gasteiger charge is -2.36. The van der Waals surface area contributed by atoms with Gasteiger partial charge in [-0.3, -0.25) is 5.32 Å². The fourth-order valence-corrected chi connectivity index (χ4v) is 2.66. The first-order valence-electron chi connectivity index (χ1n) is 5.57. The van der Waals surface area contributed by atoms with Gasteiger partial charge in [-0.25, -0.2) is 4.79 Å². The normalized spacial score (nSPS) is 21.8. The number of methoxy groups -OCH3 is 1. The molecular formula is C13H16BrNO2. The number of hydrogen-bond acceptors (Lipinski definition) is 3. The number of carbonyl (C=O) groups excluding carboxylic acids is 1. The van der Waals surface area contributed by atoms with E-state index in [1.54, 1.807) is 0 Å². The van der Waals surface area contributed by atoms with Crippen LogP contribution >= 0.6 is 15.9 Å². The summed E-state index contributed by atoms with van der Waals surface area (Å²) in [5.74, 6) is -0.236. The maximum atomic E-state index is 11.8. The average molecular weight is 298 g/mol. The van der Waals surface area contributed by atoms with Gasteiger partial charge in [0.15, 0.2) is 0 Å². The molecule has 1 aliphatic rings. The highest BCUT2D eigenvalue weighted by atomic mass is 79.9. The van der Waals surface area contributed by atoms with Gasteiger partial charge in [0.05, 0.1) is 7.11 Å². The molecule has 1 N–H and O–H groups in total. The summed E-state index contributed by atoms with van der Waals surface area (Å²) in [6.45, 7) is 5.10. The van der Waals surface area contributed by atoms with Crippen molar-refractivity contribution < 1.29 is 9.53 Å². The highest BCUT2D eigenvalue weighted by Crippen LogP contribution is 2.36. The molecule has 1 aromatic rings. The predicted octanol–water partition coefficient (Wildman–Crippen LogP) is 2.54. The number of esters is 1. The Kier molecular flexibility index (Phi) is 3.27. The highest BCUT2D eigenvalue weighted by Gasteiger charge is 2.35. The van der Waals surface area contributed by atoms with E-state index < -0.39 is 0 Å². The zero-order chi connectivity index (χ0) is 12.6. The molecule has 1 unspecified atom stereocenters. The molecule has 0 aliphatic carbocycles. The predicted molar refractivity (Wildman–Crippen MR) is 69.9 cm³/mol. The lowest BCUT2D eigenvalue weighted by Crippen LogP contribution is -2.44. The van der Waals surface area contributed by atoms with Crippen LogP contribution in [-0.4, -0.2) is 19.6 Å². The number of halogens is 1. The second kappa shape index (κ2) is 4.42. The minimum Gasteiger partial charge on any atom is -0.468 e. The molecule has 1 aliphatic heterocycles. The van der Waals surface area contributed by atoms with Crippen molar-refractivity contribution in [3.63, 3.8) is 0 Å². The molecule has 0 aromatic heterocycles. The monoisotopic (exact) mass is 297 g/mol. The van der Waals surface area contributed by atoms with Gasteiger partial charge < -0.3 is 4.74 Å². The number of carbonyl (C=O) groups is 1. The fraction of sp³-hybridized carbons (Fsp3) is 0.462. The van der Waals surface area contributed by atoms with E-state index in [2.05, 4.69) is 41.2 Å². The largest absolute Gasteiger partial charge is 0.468 e. The molecule has 0 amide bonds. The second-order valence-electron chi connectivity index (χ2n) is 4.95. The van der Waals surface area contributed by atoms with Crippen molar-refractivity contribution in [1.82, 2.24) is 5.32 Å². The first kappa shape index (κ1) is 12.6. The molecule has 2 rings (SSSR count). The smallest absolute Gasteiger partial charge is 0.327 e. The summed E-state index contributed by atoms with van der Waals surface area (Å²) >= 11 is 3.45. The van der Waals surface area contributed by atoms with Crippen molar-refractivity contribution in [2.75, 3.05) is 13.7 Å². The third kappa shape index (κ3) is 2.24. The topological polar surface area (TPSA) is 38.3 Å². The summed E-state index contributed by atoms with van der Waals surface area (Å²) in [4.78, 5) is 11.8. The molecule has 17 heavy (non-hydrogen) atoms. The fourth-order valence-electron chi connectivity index (χ4n) is 2.28. The standard InChI is InChI=1S/C13H16BrNO2/c1-13(2)7-15-11(12(16)17-3)9-6-8(14)4-5-10(9)13/h4-6,11,15H,7H2,1-3H3. The number of benzene rings is 1. The van der Waals surface area contributed by atoms with Crippen LogP contribution in [-0.2, 0) is 14.9 Å². The number of fused-ring (bicyclic) bond motifs is 1. The van der Waals surface area contributed by atoms with Crippen molar-refractivity contribution in [1.29, 1.82) is 0 Å². The van der Waals surface area contributed by atoms with Crippen LogP contribution in [0.2, 0.25) is 0 Å². The van der Waals surface area contributed by atoms with E-state index in [0.717, 1.165) is 16.6 Å². The number of hydrogen-bond donors (Lipinski definition) is 1. The van der Waals surface area contributed by atoms with Crippen LogP contribution in [0.25, 0.3) is 0 Å². The van der Waals surface area contributed by atoms with E-state index in [0.29, 0.717) is 0 Å². The van der Waals surface area contributed by atoms with E-state index in [4.69, 9.17) is 4.74 Å². The summed E-state index contributed by atoms with van der Waals surface area (Å²) < 4.78 is 5.81. The average Bonchev–Trinajstić information content (AvgIpc) is 2.27. The number of rotatable bonds is 1. The lowest BCUT2D eigenvalue weighted by atomic mass is 9.77. The van der Waals surface area contributed by atoms with Gasteiger partial charge in [0.1, 0.15) is 6.04 Å². The molecule has 0 fully saturated rings. The van der Waals surface area contributed by atoms with Crippen LogP contribution in [0.1, 0.15) is 31.0 Å². The van der Waals surface area contributed by atoms with Gasteiger partial charge in [0, 0.05) is 16.4 Å². The van der Waals surface area contributed by atoms with Gasteiger partial charge in [0.25, 0.3) is 0 Å². The molecule has 0 radical (unpaired) electrons. The number of ether oxygens (including phenoxy) is 1. The van der Waals surface area contributed by atoms with Crippen LogP contribution < -0.4 is 5.32 Å². The SMILES string of the molecule is COC(=O)C1NCC(C)(C)c2ccc(Br)cc21. The third-order valence-electron chi connectivity index (χ3n) is 3.24. The first-order valence-corrected chi connectivity index (χ1v) is 6.36. The maximum absolute atomic E-state index is 11.8. The van der Waals surface area contributed by atoms with Crippen LogP contribution in [0.15, 0.2) is 22.7 Å². The molecular weight excluding hydrogens is 282 g/mol.